The average molecular weight is 375 g/mol. The molecule has 0 saturated heterocycles. The number of aryl methyl sites for hydroxylation is 1. The SMILES string of the molecule is Cc1cccc(I)c1C(=O)NCCC(C)(C)C(=O)O. The Morgan fingerprint density at radius 1 is 1.37 bits per heavy atom. The van der Waals surface area contributed by atoms with E-state index in [9.17, 15) is 9.59 Å². The van der Waals surface area contributed by atoms with Gasteiger partial charge in [-0.05, 0) is 61.4 Å². The van der Waals surface area contributed by atoms with Crippen LogP contribution in [-0.4, -0.2) is 23.5 Å². The maximum absolute atomic E-state index is 12.1. The summed E-state index contributed by atoms with van der Waals surface area (Å²) in [6, 6.07) is 5.67. The van der Waals surface area contributed by atoms with Crippen molar-refractivity contribution in [3.8, 4) is 0 Å². The Hall–Kier alpha value is -1.11. The lowest BCUT2D eigenvalue weighted by Crippen LogP contribution is -2.32. The Kier molecular flexibility index (Phi) is 5.34. The van der Waals surface area contributed by atoms with E-state index in [1.807, 2.05) is 25.1 Å². The second-order valence-corrected chi connectivity index (χ2v) is 6.29. The molecule has 4 nitrogen and oxygen atoms in total. The van der Waals surface area contributed by atoms with Crippen molar-refractivity contribution in [2.24, 2.45) is 5.41 Å². The van der Waals surface area contributed by atoms with Gasteiger partial charge in [0.15, 0.2) is 0 Å². The van der Waals surface area contributed by atoms with Crippen molar-refractivity contribution in [3.05, 3.63) is 32.9 Å². The summed E-state index contributed by atoms with van der Waals surface area (Å²) in [6.45, 7) is 5.54. The van der Waals surface area contributed by atoms with E-state index in [2.05, 4.69) is 27.9 Å². The number of carbonyl (C=O) groups excluding carboxylic acids is 1. The zero-order chi connectivity index (χ0) is 14.6. The third-order valence-corrected chi connectivity index (χ3v) is 3.96. The van der Waals surface area contributed by atoms with E-state index >= 15 is 0 Å². The largest absolute Gasteiger partial charge is 0.481 e. The zero-order valence-electron chi connectivity index (χ0n) is 11.3. The molecule has 0 aliphatic rings. The number of hydrogen-bond donors (Lipinski definition) is 2. The van der Waals surface area contributed by atoms with E-state index in [1.54, 1.807) is 13.8 Å². The molecule has 0 spiro atoms. The molecule has 0 bridgehead atoms. The number of halogens is 1. The summed E-state index contributed by atoms with van der Waals surface area (Å²) in [5, 5.41) is 11.8. The van der Waals surface area contributed by atoms with Crippen molar-refractivity contribution in [2.45, 2.75) is 27.2 Å². The molecule has 2 N–H and O–H groups in total. The highest BCUT2D eigenvalue weighted by molar-refractivity contribution is 14.1. The molecule has 0 radical (unpaired) electrons. The molecule has 1 aromatic carbocycles. The van der Waals surface area contributed by atoms with E-state index in [-0.39, 0.29) is 5.91 Å². The minimum absolute atomic E-state index is 0.149. The van der Waals surface area contributed by atoms with Crippen LogP contribution in [0.5, 0.6) is 0 Å². The minimum Gasteiger partial charge on any atom is -0.481 e. The fourth-order valence-corrected chi connectivity index (χ4v) is 2.48. The second kappa shape index (κ2) is 6.36. The molecule has 0 unspecified atom stereocenters. The first-order chi connectivity index (χ1) is 8.75. The van der Waals surface area contributed by atoms with Gasteiger partial charge in [0.1, 0.15) is 0 Å². The van der Waals surface area contributed by atoms with Gasteiger partial charge in [0.25, 0.3) is 5.91 Å². The van der Waals surface area contributed by atoms with Gasteiger partial charge in [-0.3, -0.25) is 9.59 Å². The molecular weight excluding hydrogens is 357 g/mol. The number of hydrogen-bond acceptors (Lipinski definition) is 2. The first kappa shape index (κ1) is 15.9. The van der Waals surface area contributed by atoms with Crippen molar-refractivity contribution < 1.29 is 14.7 Å². The Balaban J connectivity index is 2.65. The van der Waals surface area contributed by atoms with Gasteiger partial charge in [0, 0.05) is 10.1 Å². The lowest BCUT2D eigenvalue weighted by Gasteiger charge is -2.19. The Morgan fingerprint density at radius 3 is 2.53 bits per heavy atom. The van der Waals surface area contributed by atoms with Crippen LogP contribution in [0.15, 0.2) is 18.2 Å². The van der Waals surface area contributed by atoms with Crippen LogP contribution in [0.25, 0.3) is 0 Å². The van der Waals surface area contributed by atoms with Crippen molar-refractivity contribution >= 4 is 34.5 Å². The number of aliphatic carboxylic acids is 1. The van der Waals surface area contributed by atoms with Gasteiger partial charge >= 0.3 is 5.97 Å². The zero-order valence-corrected chi connectivity index (χ0v) is 13.4. The smallest absolute Gasteiger partial charge is 0.309 e. The van der Waals surface area contributed by atoms with Crippen molar-refractivity contribution in [2.75, 3.05) is 6.54 Å². The Morgan fingerprint density at radius 2 is 2.00 bits per heavy atom. The molecule has 0 saturated carbocycles. The molecular formula is C14H18INO3. The standard InChI is InChI=1S/C14H18INO3/c1-9-5-4-6-10(15)11(9)12(17)16-8-7-14(2,3)13(18)19/h4-6H,7-8H2,1-3H3,(H,16,17)(H,18,19). The van der Waals surface area contributed by atoms with E-state index in [0.717, 1.165) is 9.13 Å². The highest BCUT2D eigenvalue weighted by atomic mass is 127. The fourth-order valence-electron chi connectivity index (χ4n) is 1.60. The predicted molar refractivity (Wildman–Crippen MR) is 82.3 cm³/mol. The summed E-state index contributed by atoms with van der Waals surface area (Å²) in [5.74, 6) is -1.00. The summed E-state index contributed by atoms with van der Waals surface area (Å²) in [5.41, 5.74) is 0.754. The van der Waals surface area contributed by atoms with Crippen LogP contribution in [0.1, 0.15) is 36.2 Å². The number of rotatable bonds is 5. The van der Waals surface area contributed by atoms with Crippen LogP contribution >= 0.6 is 22.6 Å². The molecule has 0 heterocycles. The lowest BCUT2D eigenvalue weighted by atomic mass is 9.89. The molecule has 1 rings (SSSR count). The summed E-state index contributed by atoms with van der Waals surface area (Å²) in [6.07, 6.45) is 0.399. The second-order valence-electron chi connectivity index (χ2n) is 5.13. The molecule has 0 aromatic heterocycles. The number of benzene rings is 1. The third kappa shape index (κ3) is 4.19. The fraction of sp³-hybridized carbons (Fsp3) is 0.429. The Labute approximate surface area is 126 Å². The molecule has 1 amide bonds. The van der Waals surface area contributed by atoms with Gasteiger partial charge in [-0.25, -0.2) is 0 Å². The average Bonchev–Trinajstić information content (AvgIpc) is 2.28. The Bertz CT molecular complexity index is 477. The number of carboxylic acid groups (broad SMARTS) is 1. The van der Waals surface area contributed by atoms with Crippen LogP contribution in [0.3, 0.4) is 0 Å². The molecule has 0 fully saturated rings. The van der Waals surface area contributed by atoms with Gasteiger partial charge in [0.05, 0.1) is 11.0 Å². The quantitative estimate of drug-likeness (QED) is 0.778. The van der Waals surface area contributed by atoms with Gasteiger partial charge in [-0.1, -0.05) is 12.1 Å². The molecule has 104 valence electrons. The van der Waals surface area contributed by atoms with Gasteiger partial charge in [0.2, 0.25) is 0 Å². The maximum Gasteiger partial charge on any atom is 0.309 e. The summed E-state index contributed by atoms with van der Waals surface area (Å²) in [4.78, 5) is 23.0. The van der Waals surface area contributed by atoms with Crippen molar-refractivity contribution in [1.82, 2.24) is 5.32 Å². The van der Waals surface area contributed by atoms with E-state index in [0.29, 0.717) is 18.5 Å². The first-order valence-corrected chi connectivity index (χ1v) is 7.10. The molecule has 1 aromatic rings. The van der Waals surface area contributed by atoms with Gasteiger partial charge in [-0.15, -0.1) is 0 Å². The monoisotopic (exact) mass is 375 g/mol. The number of carboxylic acids is 1. The van der Waals surface area contributed by atoms with E-state index in [1.165, 1.54) is 0 Å². The highest BCUT2D eigenvalue weighted by Gasteiger charge is 2.26. The van der Waals surface area contributed by atoms with Crippen molar-refractivity contribution in [1.29, 1.82) is 0 Å². The lowest BCUT2D eigenvalue weighted by molar-refractivity contribution is -0.147. The third-order valence-electron chi connectivity index (χ3n) is 3.06. The van der Waals surface area contributed by atoms with Gasteiger partial charge in [-0.2, -0.15) is 0 Å². The first-order valence-electron chi connectivity index (χ1n) is 6.02. The molecule has 0 aliphatic carbocycles. The number of amides is 1. The van der Waals surface area contributed by atoms with Crippen LogP contribution in [0.2, 0.25) is 0 Å². The molecule has 5 heteroatoms. The van der Waals surface area contributed by atoms with Crippen LogP contribution in [-0.2, 0) is 4.79 Å². The summed E-state index contributed by atoms with van der Waals surface area (Å²) in [7, 11) is 0. The number of carbonyl (C=O) groups is 2. The molecule has 0 aliphatic heterocycles. The van der Waals surface area contributed by atoms with Gasteiger partial charge < -0.3 is 10.4 Å². The highest BCUT2D eigenvalue weighted by Crippen LogP contribution is 2.20. The topological polar surface area (TPSA) is 66.4 Å². The predicted octanol–water partition coefficient (Wildman–Crippen LogP) is 2.83. The molecule has 0 atom stereocenters. The van der Waals surface area contributed by atoms with Crippen LogP contribution in [0.4, 0.5) is 0 Å². The summed E-state index contributed by atoms with van der Waals surface area (Å²) >= 11 is 2.12. The summed E-state index contributed by atoms with van der Waals surface area (Å²) < 4.78 is 0.896. The molecule has 19 heavy (non-hydrogen) atoms. The van der Waals surface area contributed by atoms with Crippen LogP contribution < -0.4 is 5.32 Å². The van der Waals surface area contributed by atoms with Crippen molar-refractivity contribution in [3.63, 3.8) is 0 Å². The number of nitrogens with one attached hydrogen (secondary N) is 1. The maximum atomic E-state index is 12.1. The van der Waals surface area contributed by atoms with E-state index < -0.39 is 11.4 Å². The van der Waals surface area contributed by atoms with Crippen LogP contribution in [0, 0.1) is 15.9 Å². The minimum atomic E-state index is -0.854. The normalized spacial score (nSPS) is 11.2. The van der Waals surface area contributed by atoms with E-state index in [4.69, 9.17) is 5.11 Å².